The summed E-state index contributed by atoms with van der Waals surface area (Å²) in [5.74, 6) is -1.55. The van der Waals surface area contributed by atoms with Gasteiger partial charge in [-0.1, -0.05) is 29.3 Å². The summed E-state index contributed by atoms with van der Waals surface area (Å²) < 4.78 is 9.46. The minimum Gasteiger partial charge on any atom is -0.465 e. The van der Waals surface area contributed by atoms with Crippen molar-refractivity contribution in [3.8, 4) is 0 Å². The second-order valence-electron chi connectivity index (χ2n) is 7.57. The Kier molecular flexibility index (Phi) is 8.12. The van der Waals surface area contributed by atoms with Gasteiger partial charge < -0.3 is 14.8 Å². The molecule has 0 aromatic heterocycles. The van der Waals surface area contributed by atoms with Crippen LogP contribution in [0.25, 0.3) is 0 Å². The molecule has 0 atom stereocenters. The Labute approximate surface area is 196 Å². The van der Waals surface area contributed by atoms with E-state index in [1.807, 2.05) is 12.1 Å². The summed E-state index contributed by atoms with van der Waals surface area (Å²) in [6.07, 6.45) is 1.38. The SMILES string of the molecule is COC(=O)c1cc(NC(=O)C2CCN(Cc3ccc(Cl)c(Cl)c3)CC2)cc(C(=O)OC)c1. The van der Waals surface area contributed by atoms with Crippen LogP contribution in [0.4, 0.5) is 5.69 Å². The predicted octanol–water partition coefficient (Wildman–Crippen LogP) is 4.42. The van der Waals surface area contributed by atoms with Gasteiger partial charge in [0.1, 0.15) is 0 Å². The molecule has 1 fully saturated rings. The van der Waals surface area contributed by atoms with E-state index >= 15 is 0 Å². The molecule has 1 amide bonds. The zero-order chi connectivity index (χ0) is 23.3. The van der Waals surface area contributed by atoms with Crippen LogP contribution >= 0.6 is 23.2 Å². The number of nitrogens with zero attached hydrogens (tertiary/aromatic N) is 1. The highest BCUT2D eigenvalue weighted by Crippen LogP contribution is 2.26. The van der Waals surface area contributed by atoms with Crippen molar-refractivity contribution in [3.63, 3.8) is 0 Å². The fourth-order valence-corrected chi connectivity index (χ4v) is 3.99. The van der Waals surface area contributed by atoms with E-state index in [2.05, 4.69) is 10.2 Å². The fourth-order valence-electron chi connectivity index (χ4n) is 3.66. The van der Waals surface area contributed by atoms with Crippen molar-refractivity contribution in [2.24, 2.45) is 5.92 Å². The smallest absolute Gasteiger partial charge is 0.337 e. The Morgan fingerprint density at radius 2 is 1.53 bits per heavy atom. The zero-order valence-electron chi connectivity index (χ0n) is 17.8. The van der Waals surface area contributed by atoms with Gasteiger partial charge in [0.05, 0.1) is 35.4 Å². The number of ether oxygens (including phenoxy) is 2. The van der Waals surface area contributed by atoms with E-state index in [9.17, 15) is 14.4 Å². The summed E-state index contributed by atoms with van der Waals surface area (Å²) in [6.45, 7) is 2.25. The Morgan fingerprint density at radius 1 is 0.938 bits per heavy atom. The van der Waals surface area contributed by atoms with Crippen molar-refractivity contribution >= 4 is 46.7 Å². The van der Waals surface area contributed by atoms with Crippen molar-refractivity contribution in [3.05, 3.63) is 63.1 Å². The second kappa shape index (κ2) is 10.8. The first-order valence-electron chi connectivity index (χ1n) is 10.1. The van der Waals surface area contributed by atoms with E-state index in [0.29, 0.717) is 28.6 Å². The summed E-state index contributed by atoms with van der Waals surface area (Å²) in [7, 11) is 2.49. The first-order valence-corrected chi connectivity index (χ1v) is 10.8. The minimum atomic E-state index is -0.609. The molecule has 9 heteroatoms. The van der Waals surface area contributed by atoms with Crippen LogP contribution in [-0.4, -0.2) is 50.1 Å². The number of carbonyl (C=O) groups is 3. The van der Waals surface area contributed by atoms with Gasteiger partial charge in [-0.3, -0.25) is 9.69 Å². The number of anilines is 1. The third-order valence-electron chi connectivity index (χ3n) is 5.39. The molecule has 2 aromatic rings. The van der Waals surface area contributed by atoms with Crippen molar-refractivity contribution in [2.45, 2.75) is 19.4 Å². The third kappa shape index (κ3) is 6.00. The van der Waals surface area contributed by atoms with Crippen LogP contribution in [0.1, 0.15) is 39.1 Å². The van der Waals surface area contributed by atoms with Gasteiger partial charge in [-0.15, -0.1) is 0 Å². The van der Waals surface area contributed by atoms with Gasteiger partial charge in [0.2, 0.25) is 5.91 Å². The molecule has 1 aliphatic heterocycles. The van der Waals surface area contributed by atoms with Gasteiger partial charge >= 0.3 is 11.9 Å². The van der Waals surface area contributed by atoms with Crippen LogP contribution in [0.2, 0.25) is 10.0 Å². The molecule has 0 spiro atoms. The average Bonchev–Trinajstić information content (AvgIpc) is 2.80. The number of hydrogen-bond acceptors (Lipinski definition) is 6. The lowest BCUT2D eigenvalue weighted by molar-refractivity contribution is -0.121. The third-order valence-corrected chi connectivity index (χ3v) is 6.13. The van der Waals surface area contributed by atoms with E-state index in [0.717, 1.165) is 25.2 Å². The number of hydrogen-bond donors (Lipinski definition) is 1. The standard InChI is InChI=1S/C23H24Cl2N2O5/c1-31-22(29)16-10-17(23(30)32-2)12-18(11-16)26-21(28)15-5-7-27(8-6-15)13-14-3-4-19(24)20(25)9-14/h3-4,9-12,15H,5-8,13H2,1-2H3,(H,26,28). The lowest BCUT2D eigenvalue weighted by atomic mass is 9.95. The number of likely N-dealkylation sites (tertiary alicyclic amines) is 1. The summed E-state index contributed by atoms with van der Waals surface area (Å²) in [5, 5.41) is 3.88. The molecule has 0 unspecified atom stereocenters. The first kappa shape index (κ1) is 24.0. The van der Waals surface area contributed by atoms with E-state index in [1.54, 1.807) is 6.07 Å². The number of rotatable bonds is 6. The maximum atomic E-state index is 12.8. The first-order chi connectivity index (χ1) is 15.3. The van der Waals surface area contributed by atoms with E-state index in [1.165, 1.54) is 32.4 Å². The van der Waals surface area contributed by atoms with Crippen LogP contribution in [0, 0.1) is 5.92 Å². The summed E-state index contributed by atoms with van der Waals surface area (Å²) >= 11 is 12.1. The Hall–Kier alpha value is -2.61. The molecule has 1 saturated heterocycles. The highest BCUT2D eigenvalue weighted by atomic mass is 35.5. The Bertz CT molecular complexity index is 985. The molecule has 2 aromatic carbocycles. The second-order valence-corrected chi connectivity index (χ2v) is 8.38. The molecule has 1 heterocycles. The molecule has 1 N–H and O–H groups in total. The largest absolute Gasteiger partial charge is 0.465 e. The Balaban J connectivity index is 1.62. The van der Waals surface area contributed by atoms with E-state index < -0.39 is 11.9 Å². The highest BCUT2D eigenvalue weighted by Gasteiger charge is 2.26. The number of methoxy groups -OCH3 is 2. The maximum Gasteiger partial charge on any atom is 0.337 e. The fraction of sp³-hybridized carbons (Fsp3) is 0.348. The maximum absolute atomic E-state index is 12.8. The normalized spacial score (nSPS) is 14.6. The number of halogens is 2. The zero-order valence-corrected chi connectivity index (χ0v) is 19.3. The van der Waals surface area contributed by atoms with Crippen molar-refractivity contribution in [1.82, 2.24) is 4.90 Å². The number of nitrogens with one attached hydrogen (secondary N) is 1. The molecule has 0 bridgehead atoms. The lowest BCUT2D eigenvalue weighted by Crippen LogP contribution is -2.37. The van der Waals surface area contributed by atoms with Gasteiger partial charge in [0, 0.05) is 18.2 Å². The summed E-state index contributed by atoms with van der Waals surface area (Å²) in [5.41, 5.74) is 1.72. The van der Waals surface area contributed by atoms with Crippen molar-refractivity contribution in [1.29, 1.82) is 0 Å². The monoisotopic (exact) mass is 478 g/mol. The highest BCUT2D eigenvalue weighted by molar-refractivity contribution is 6.42. The molecule has 7 nitrogen and oxygen atoms in total. The van der Waals surface area contributed by atoms with Crippen LogP contribution in [0.15, 0.2) is 36.4 Å². The molecular formula is C23H24Cl2N2O5. The van der Waals surface area contributed by atoms with Crippen LogP contribution in [0.5, 0.6) is 0 Å². The lowest BCUT2D eigenvalue weighted by Gasteiger charge is -2.31. The van der Waals surface area contributed by atoms with Gasteiger partial charge in [0.25, 0.3) is 0 Å². The molecule has 3 rings (SSSR count). The van der Waals surface area contributed by atoms with Gasteiger partial charge in [-0.2, -0.15) is 0 Å². The van der Waals surface area contributed by atoms with Gasteiger partial charge in [0.15, 0.2) is 0 Å². The molecule has 1 aliphatic rings. The van der Waals surface area contributed by atoms with Crippen molar-refractivity contribution < 1.29 is 23.9 Å². The number of carbonyl (C=O) groups excluding carboxylic acids is 3. The molecular weight excluding hydrogens is 455 g/mol. The van der Waals surface area contributed by atoms with Crippen LogP contribution in [-0.2, 0) is 20.8 Å². The molecule has 0 saturated carbocycles. The van der Waals surface area contributed by atoms with Gasteiger partial charge in [-0.05, 0) is 61.8 Å². The Morgan fingerprint density at radius 3 is 2.06 bits per heavy atom. The number of benzene rings is 2. The van der Waals surface area contributed by atoms with Crippen molar-refractivity contribution in [2.75, 3.05) is 32.6 Å². The summed E-state index contributed by atoms with van der Waals surface area (Å²) in [4.78, 5) is 39.0. The summed E-state index contributed by atoms with van der Waals surface area (Å²) in [6, 6.07) is 9.92. The van der Waals surface area contributed by atoms with Crippen LogP contribution < -0.4 is 5.32 Å². The quantitative estimate of drug-likeness (QED) is 0.618. The van der Waals surface area contributed by atoms with Crippen LogP contribution in [0.3, 0.4) is 0 Å². The molecule has 0 radical (unpaired) electrons. The van der Waals surface area contributed by atoms with E-state index in [-0.39, 0.29) is 23.0 Å². The van der Waals surface area contributed by atoms with E-state index in [4.69, 9.17) is 32.7 Å². The molecule has 170 valence electrons. The molecule has 32 heavy (non-hydrogen) atoms. The minimum absolute atomic E-state index is 0.155. The average molecular weight is 479 g/mol. The predicted molar refractivity (Wildman–Crippen MR) is 122 cm³/mol. The van der Waals surface area contributed by atoms with Gasteiger partial charge in [-0.25, -0.2) is 9.59 Å². The number of esters is 2. The number of amides is 1. The topological polar surface area (TPSA) is 84.9 Å². The number of piperidine rings is 1. The molecule has 0 aliphatic carbocycles.